The molecule has 0 radical (unpaired) electrons. The molecule has 2 heterocycles. The lowest BCUT2D eigenvalue weighted by Crippen LogP contribution is -2.49. The second-order valence-electron chi connectivity index (χ2n) is 5.54. The highest BCUT2D eigenvalue weighted by Gasteiger charge is 2.23. The van der Waals surface area contributed by atoms with Gasteiger partial charge in [0.15, 0.2) is 0 Å². The van der Waals surface area contributed by atoms with Gasteiger partial charge in [0.2, 0.25) is 0 Å². The van der Waals surface area contributed by atoms with Crippen molar-refractivity contribution >= 4 is 17.8 Å². The van der Waals surface area contributed by atoms with Gasteiger partial charge in [-0.3, -0.25) is 4.79 Å². The van der Waals surface area contributed by atoms with Gasteiger partial charge in [-0.1, -0.05) is 0 Å². The molecule has 138 valence electrons. The number of ether oxygens (including phenoxy) is 2. The smallest absolute Gasteiger partial charge is 0.409 e. The van der Waals surface area contributed by atoms with E-state index in [0.29, 0.717) is 57.4 Å². The number of nitrogens with one attached hydrogen (secondary N) is 1. The van der Waals surface area contributed by atoms with E-state index in [4.69, 9.17) is 9.47 Å². The van der Waals surface area contributed by atoms with E-state index in [0.717, 1.165) is 6.42 Å². The third-order valence-electron chi connectivity index (χ3n) is 3.83. The van der Waals surface area contributed by atoms with Crippen molar-refractivity contribution in [3.8, 4) is 0 Å². The Kier molecular flexibility index (Phi) is 7.39. The fraction of sp³-hybridized carbons (Fsp3) is 0.625. The van der Waals surface area contributed by atoms with Crippen molar-refractivity contribution in [2.24, 2.45) is 0 Å². The van der Waals surface area contributed by atoms with Gasteiger partial charge in [0, 0.05) is 52.5 Å². The van der Waals surface area contributed by atoms with E-state index in [2.05, 4.69) is 15.3 Å². The zero-order valence-electron chi connectivity index (χ0n) is 14.7. The Balaban J connectivity index is 1.89. The molecule has 0 aromatic carbocycles. The second kappa shape index (κ2) is 9.77. The number of carbonyl (C=O) groups excluding carboxylic acids is 2. The normalized spacial score (nSPS) is 14.3. The zero-order valence-corrected chi connectivity index (χ0v) is 14.7. The van der Waals surface area contributed by atoms with E-state index in [1.165, 1.54) is 6.33 Å². The summed E-state index contributed by atoms with van der Waals surface area (Å²) in [6.07, 6.45) is 1.84. The molecule has 2 rings (SSSR count). The Morgan fingerprint density at radius 2 is 2.00 bits per heavy atom. The minimum Gasteiger partial charge on any atom is -0.450 e. The maximum atomic E-state index is 12.1. The first-order chi connectivity index (χ1) is 12.2. The minimum atomic E-state index is -0.291. The number of aromatic nitrogens is 2. The predicted octanol–water partition coefficient (Wildman–Crippen LogP) is 0.521. The lowest BCUT2D eigenvalue weighted by Gasteiger charge is -2.34. The summed E-state index contributed by atoms with van der Waals surface area (Å²) in [5.41, 5.74) is 0.329. The number of carbonyl (C=O) groups is 2. The number of hydrogen-bond acceptors (Lipinski definition) is 7. The van der Waals surface area contributed by atoms with Crippen LogP contribution in [0.5, 0.6) is 0 Å². The molecule has 1 fully saturated rings. The van der Waals surface area contributed by atoms with Crippen molar-refractivity contribution in [2.75, 3.05) is 57.9 Å². The monoisotopic (exact) mass is 351 g/mol. The van der Waals surface area contributed by atoms with Gasteiger partial charge >= 0.3 is 6.09 Å². The first-order valence-corrected chi connectivity index (χ1v) is 8.41. The van der Waals surface area contributed by atoms with Crippen LogP contribution in [0.25, 0.3) is 0 Å². The van der Waals surface area contributed by atoms with Crippen molar-refractivity contribution in [3.05, 3.63) is 18.1 Å². The SMILES string of the molecule is CCOC(=O)N1CCN(c2cc(C(=O)NCCCOC)ncn2)CC1. The lowest BCUT2D eigenvalue weighted by atomic mass is 10.3. The van der Waals surface area contributed by atoms with Crippen LogP contribution in [0.3, 0.4) is 0 Å². The summed E-state index contributed by atoms with van der Waals surface area (Å²) >= 11 is 0. The lowest BCUT2D eigenvalue weighted by molar-refractivity contribution is 0.0943. The quantitative estimate of drug-likeness (QED) is 0.715. The first-order valence-electron chi connectivity index (χ1n) is 8.41. The zero-order chi connectivity index (χ0) is 18.1. The Morgan fingerprint density at radius 1 is 1.24 bits per heavy atom. The number of amides is 2. The highest BCUT2D eigenvalue weighted by molar-refractivity contribution is 5.92. The molecule has 1 aliphatic rings. The van der Waals surface area contributed by atoms with Gasteiger partial charge in [-0.15, -0.1) is 0 Å². The molecular formula is C16H25N5O4. The van der Waals surface area contributed by atoms with E-state index >= 15 is 0 Å². The van der Waals surface area contributed by atoms with Crippen LogP contribution >= 0.6 is 0 Å². The topological polar surface area (TPSA) is 96.9 Å². The van der Waals surface area contributed by atoms with Crippen molar-refractivity contribution in [1.29, 1.82) is 0 Å². The Labute approximate surface area is 147 Å². The molecule has 0 spiro atoms. The molecule has 0 unspecified atom stereocenters. The van der Waals surface area contributed by atoms with E-state index < -0.39 is 0 Å². The molecule has 9 heteroatoms. The molecule has 1 N–H and O–H groups in total. The van der Waals surface area contributed by atoms with E-state index in [9.17, 15) is 9.59 Å². The van der Waals surface area contributed by atoms with Crippen LogP contribution in [0.1, 0.15) is 23.8 Å². The van der Waals surface area contributed by atoms with E-state index in [1.54, 1.807) is 25.0 Å². The fourth-order valence-electron chi connectivity index (χ4n) is 2.49. The number of anilines is 1. The molecule has 25 heavy (non-hydrogen) atoms. The first kappa shape index (κ1) is 18.9. The fourth-order valence-corrected chi connectivity index (χ4v) is 2.49. The third-order valence-corrected chi connectivity index (χ3v) is 3.83. The summed E-state index contributed by atoms with van der Waals surface area (Å²) in [5, 5.41) is 2.80. The van der Waals surface area contributed by atoms with Gasteiger partial charge < -0.3 is 24.6 Å². The molecule has 0 atom stereocenters. The van der Waals surface area contributed by atoms with Crippen molar-refractivity contribution in [3.63, 3.8) is 0 Å². The molecule has 0 saturated carbocycles. The van der Waals surface area contributed by atoms with Gasteiger partial charge in [-0.05, 0) is 13.3 Å². The van der Waals surface area contributed by atoms with E-state index in [1.807, 2.05) is 4.90 Å². The summed E-state index contributed by atoms with van der Waals surface area (Å²) in [4.78, 5) is 35.8. The Hall–Kier alpha value is -2.42. The van der Waals surface area contributed by atoms with Crippen molar-refractivity contribution in [1.82, 2.24) is 20.2 Å². The average Bonchev–Trinajstić information content (AvgIpc) is 2.65. The highest BCUT2D eigenvalue weighted by Crippen LogP contribution is 2.14. The highest BCUT2D eigenvalue weighted by atomic mass is 16.6. The van der Waals surface area contributed by atoms with Crippen LogP contribution < -0.4 is 10.2 Å². The number of methoxy groups -OCH3 is 1. The van der Waals surface area contributed by atoms with Crippen molar-refractivity contribution in [2.45, 2.75) is 13.3 Å². The number of rotatable bonds is 7. The molecule has 1 aromatic heterocycles. The largest absolute Gasteiger partial charge is 0.450 e. The maximum Gasteiger partial charge on any atom is 0.409 e. The van der Waals surface area contributed by atoms with Crippen LogP contribution in [-0.2, 0) is 9.47 Å². The molecule has 1 saturated heterocycles. The molecule has 1 aromatic rings. The van der Waals surface area contributed by atoms with Crippen molar-refractivity contribution < 1.29 is 19.1 Å². The number of hydrogen-bond donors (Lipinski definition) is 1. The van der Waals surface area contributed by atoms with Gasteiger partial charge in [-0.25, -0.2) is 14.8 Å². The van der Waals surface area contributed by atoms with Crippen LogP contribution in [-0.4, -0.2) is 79.9 Å². The van der Waals surface area contributed by atoms with Crippen LogP contribution in [0.2, 0.25) is 0 Å². The van der Waals surface area contributed by atoms with Gasteiger partial charge in [-0.2, -0.15) is 0 Å². The van der Waals surface area contributed by atoms with Crippen LogP contribution in [0.15, 0.2) is 12.4 Å². The van der Waals surface area contributed by atoms with Crippen LogP contribution in [0, 0.1) is 0 Å². The number of piperazine rings is 1. The molecule has 0 aliphatic carbocycles. The molecule has 1 aliphatic heterocycles. The average molecular weight is 351 g/mol. The Morgan fingerprint density at radius 3 is 2.68 bits per heavy atom. The summed E-state index contributed by atoms with van der Waals surface area (Å²) in [6.45, 7) is 5.66. The standard InChI is InChI=1S/C16H25N5O4/c1-3-25-16(23)21-8-6-20(7-9-21)14-11-13(18-12-19-14)15(22)17-5-4-10-24-2/h11-12H,3-10H2,1-2H3,(H,17,22). The summed E-state index contributed by atoms with van der Waals surface area (Å²) in [6, 6.07) is 1.67. The van der Waals surface area contributed by atoms with Crippen LogP contribution in [0.4, 0.5) is 10.6 Å². The predicted molar refractivity (Wildman–Crippen MR) is 91.7 cm³/mol. The molecule has 9 nitrogen and oxygen atoms in total. The Bertz CT molecular complexity index is 575. The number of nitrogens with zero attached hydrogens (tertiary/aromatic N) is 4. The van der Waals surface area contributed by atoms with E-state index in [-0.39, 0.29) is 12.0 Å². The summed E-state index contributed by atoms with van der Waals surface area (Å²) < 4.78 is 9.96. The summed E-state index contributed by atoms with van der Waals surface area (Å²) in [5.74, 6) is 0.450. The molecular weight excluding hydrogens is 326 g/mol. The minimum absolute atomic E-state index is 0.232. The van der Waals surface area contributed by atoms with Gasteiger partial charge in [0.25, 0.3) is 5.91 Å². The summed E-state index contributed by atoms with van der Waals surface area (Å²) in [7, 11) is 1.63. The second-order valence-corrected chi connectivity index (χ2v) is 5.54. The van der Waals surface area contributed by atoms with Gasteiger partial charge in [0.05, 0.1) is 6.61 Å². The third kappa shape index (κ3) is 5.56. The van der Waals surface area contributed by atoms with Gasteiger partial charge in [0.1, 0.15) is 17.8 Å². The maximum absolute atomic E-state index is 12.1. The molecule has 2 amide bonds. The molecule has 0 bridgehead atoms.